The van der Waals surface area contributed by atoms with E-state index in [-0.39, 0.29) is 23.1 Å². The molecular weight excluding hydrogens is 559 g/mol. The number of hydrogen-bond donors (Lipinski definition) is 0. The Balaban J connectivity index is 1.17. The highest BCUT2D eigenvalue weighted by molar-refractivity contribution is 6.10. The molecule has 3 aromatic carbocycles. The minimum Gasteiger partial charge on any atom is -0.497 e. The maximum atomic E-state index is 14.4. The predicted octanol–water partition coefficient (Wildman–Crippen LogP) is 5.03. The Kier molecular flexibility index (Phi) is 6.55. The number of hydrogen-bond acceptors (Lipinski definition) is 6. The van der Waals surface area contributed by atoms with Crippen LogP contribution in [0.2, 0.25) is 0 Å². The fraction of sp³-hybridized carbons (Fsp3) is 0.344. The van der Waals surface area contributed by atoms with Gasteiger partial charge in [-0.15, -0.1) is 10.2 Å². The van der Waals surface area contributed by atoms with Gasteiger partial charge in [-0.2, -0.15) is 13.2 Å². The Morgan fingerprint density at radius 3 is 2.53 bits per heavy atom. The van der Waals surface area contributed by atoms with E-state index in [9.17, 15) is 18.0 Å². The van der Waals surface area contributed by atoms with Crippen molar-refractivity contribution in [3.63, 3.8) is 0 Å². The lowest BCUT2D eigenvalue weighted by Gasteiger charge is -2.42. The number of benzene rings is 3. The SMILES string of the molecule is COc1ccc2c(c1)CN(Cc1cc3c(c(C(F)(F)F)c1)CN(c1cccc(C4(Cc5nncn5C)COC4)c1)C3=O)C2. The molecule has 1 fully saturated rings. The largest absolute Gasteiger partial charge is 0.497 e. The first-order valence-corrected chi connectivity index (χ1v) is 14.1. The lowest BCUT2D eigenvalue weighted by atomic mass is 9.75. The maximum Gasteiger partial charge on any atom is 0.416 e. The summed E-state index contributed by atoms with van der Waals surface area (Å²) in [6, 6.07) is 16.2. The molecule has 3 aliphatic heterocycles. The first-order chi connectivity index (χ1) is 20.6. The summed E-state index contributed by atoms with van der Waals surface area (Å²) in [5, 5.41) is 8.20. The van der Waals surface area contributed by atoms with Crippen LogP contribution in [0.3, 0.4) is 0 Å². The number of alkyl halides is 3. The highest BCUT2D eigenvalue weighted by Gasteiger charge is 2.43. The molecule has 0 aliphatic carbocycles. The van der Waals surface area contributed by atoms with Gasteiger partial charge in [0.15, 0.2) is 0 Å². The van der Waals surface area contributed by atoms with Crippen molar-refractivity contribution in [3.05, 3.63) is 106 Å². The van der Waals surface area contributed by atoms with Gasteiger partial charge in [0.1, 0.15) is 17.9 Å². The molecule has 0 unspecified atom stereocenters. The number of halogens is 3. The summed E-state index contributed by atoms with van der Waals surface area (Å²) in [7, 11) is 3.49. The van der Waals surface area contributed by atoms with E-state index in [1.807, 2.05) is 48.0 Å². The summed E-state index contributed by atoms with van der Waals surface area (Å²) in [6.45, 7) is 2.32. The third kappa shape index (κ3) is 4.86. The molecule has 0 spiro atoms. The molecule has 0 atom stereocenters. The first-order valence-electron chi connectivity index (χ1n) is 14.1. The number of ether oxygens (including phenoxy) is 2. The van der Waals surface area contributed by atoms with Gasteiger partial charge >= 0.3 is 6.18 Å². The second kappa shape index (κ2) is 10.2. The molecule has 3 aliphatic rings. The zero-order valence-corrected chi connectivity index (χ0v) is 23.8. The summed E-state index contributed by atoms with van der Waals surface area (Å²) in [5.41, 5.74) is 3.19. The molecule has 0 bridgehead atoms. The number of carbonyl (C=O) groups excluding carboxylic acids is 1. The molecule has 43 heavy (non-hydrogen) atoms. The van der Waals surface area contributed by atoms with Crippen LogP contribution in [0.25, 0.3) is 0 Å². The second-order valence-corrected chi connectivity index (χ2v) is 11.7. The van der Waals surface area contributed by atoms with E-state index in [2.05, 4.69) is 15.1 Å². The van der Waals surface area contributed by atoms with Gasteiger partial charge in [-0.25, -0.2) is 0 Å². The van der Waals surface area contributed by atoms with Gasteiger partial charge in [-0.05, 0) is 64.2 Å². The van der Waals surface area contributed by atoms with Crippen LogP contribution in [0, 0.1) is 0 Å². The van der Waals surface area contributed by atoms with Gasteiger partial charge in [0.05, 0.1) is 32.4 Å². The molecule has 1 amide bonds. The van der Waals surface area contributed by atoms with Crippen LogP contribution in [0.1, 0.15) is 49.6 Å². The van der Waals surface area contributed by atoms with Crippen molar-refractivity contribution in [2.24, 2.45) is 7.05 Å². The smallest absolute Gasteiger partial charge is 0.416 e. The number of methoxy groups -OCH3 is 1. The lowest BCUT2D eigenvalue weighted by Crippen LogP contribution is -2.49. The number of fused-ring (bicyclic) bond motifs is 2. The number of nitrogens with zero attached hydrogens (tertiary/aromatic N) is 5. The predicted molar refractivity (Wildman–Crippen MR) is 152 cm³/mol. The van der Waals surface area contributed by atoms with Gasteiger partial charge in [0.25, 0.3) is 5.91 Å². The van der Waals surface area contributed by atoms with E-state index in [4.69, 9.17) is 9.47 Å². The van der Waals surface area contributed by atoms with E-state index in [0.29, 0.717) is 50.5 Å². The molecule has 0 radical (unpaired) electrons. The number of rotatable bonds is 7. The van der Waals surface area contributed by atoms with Crippen molar-refractivity contribution >= 4 is 11.6 Å². The molecule has 4 heterocycles. The van der Waals surface area contributed by atoms with Gasteiger partial charge in [-0.1, -0.05) is 18.2 Å². The van der Waals surface area contributed by atoms with Crippen molar-refractivity contribution in [1.29, 1.82) is 0 Å². The van der Waals surface area contributed by atoms with Crippen LogP contribution in [0.15, 0.2) is 60.9 Å². The van der Waals surface area contributed by atoms with Crippen LogP contribution < -0.4 is 9.64 Å². The number of anilines is 1. The Labute approximate surface area is 246 Å². The molecular formula is C32H30F3N5O3. The first kappa shape index (κ1) is 27.6. The van der Waals surface area contributed by atoms with Crippen molar-refractivity contribution in [2.75, 3.05) is 25.2 Å². The Morgan fingerprint density at radius 2 is 1.84 bits per heavy atom. The topological polar surface area (TPSA) is 72.7 Å². The third-order valence-electron chi connectivity index (χ3n) is 8.84. The van der Waals surface area contributed by atoms with Crippen molar-refractivity contribution in [1.82, 2.24) is 19.7 Å². The quantitative estimate of drug-likeness (QED) is 0.301. The Bertz CT molecular complexity index is 1730. The molecule has 222 valence electrons. The molecule has 4 aromatic rings. The summed E-state index contributed by atoms with van der Waals surface area (Å²) in [5.74, 6) is 1.12. The number of aryl methyl sites for hydroxylation is 1. The Hall–Kier alpha value is -4.22. The standard InChI is InChI=1S/C32H30F3N5O3/c1-38-19-36-37-29(38)12-31(17-43-18-31)23-4-3-5-24(11-23)40-16-27-26(30(40)41)8-20(9-28(27)32(33,34)35)13-39-14-21-6-7-25(42-2)10-22(21)15-39/h3-11,19H,12-18H2,1-2H3. The van der Waals surface area contributed by atoms with Crippen molar-refractivity contribution in [3.8, 4) is 5.75 Å². The molecule has 1 aromatic heterocycles. The van der Waals surface area contributed by atoms with E-state index < -0.39 is 17.6 Å². The fourth-order valence-electron chi connectivity index (χ4n) is 6.45. The molecule has 7 rings (SSSR count). The van der Waals surface area contributed by atoms with Gasteiger partial charge in [0, 0.05) is 49.8 Å². The van der Waals surface area contributed by atoms with Crippen LogP contribution in [-0.4, -0.2) is 45.9 Å². The maximum absolute atomic E-state index is 14.4. The number of aromatic nitrogens is 3. The highest BCUT2D eigenvalue weighted by Crippen LogP contribution is 2.42. The van der Waals surface area contributed by atoms with Crippen molar-refractivity contribution < 1.29 is 27.4 Å². The van der Waals surface area contributed by atoms with Crippen LogP contribution in [-0.2, 0) is 56.0 Å². The third-order valence-corrected chi connectivity index (χ3v) is 8.84. The molecule has 11 heteroatoms. The van der Waals surface area contributed by atoms with Gasteiger partial charge in [-0.3, -0.25) is 9.69 Å². The summed E-state index contributed by atoms with van der Waals surface area (Å²) < 4.78 is 56.0. The summed E-state index contributed by atoms with van der Waals surface area (Å²) in [4.78, 5) is 17.3. The molecule has 8 nitrogen and oxygen atoms in total. The minimum atomic E-state index is -4.59. The molecule has 1 saturated heterocycles. The van der Waals surface area contributed by atoms with E-state index in [1.165, 1.54) is 11.0 Å². The highest BCUT2D eigenvalue weighted by atomic mass is 19.4. The molecule has 0 saturated carbocycles. The van der Waals surface area contributed by atoms with Gasteiger partial charge in [0.2, 0.25) is 0 Å². The zero-order valence-electron chi connectivity index (χ0n) is 23.8. The van der Waals surface area contributed by atoms with E-state index >= 15 is 0 Å². The van der Waals surface area contributed by atoms with Gasteiger partial charge < -0.3 is 18.9 Å². The van der Waals surface area contributed by atoms with E-state index in [1.54, 1.807) is 25.6 Å². The lowest BCUT2D eigenvalue weighted by molar-refractivity contribution is -0.138. The average Bonchev–Trinajstić information content (AvgIpc) is 3.65. The normalized spacial score (nSPS) is 17.6. The number of amides is 1. The monoisotopic (exact) mass is 589 g/mol. The van der Waals surface area contributed by atoms with Crippen LogP contribution in [0.5, 0.6) is 5.75 Å². The average molecular weight is 590 g/mol. The van der Waals surface area contributed by atoms with Crippen molar-refractivity contribution in [2.45, 2.75) is 44.2 Å². The van der Waals surface area contributed by atoms with Crippen LogP contribution in [0.4, 0.5) is 18.9 Å². The van der Waals surface area contributed by atoms with E-state index in [0.717, 1.165) is 28.3 Å². The Morgan fingerprint density at radius 1 is 1.02 bits per heavy atom. The zero-order chi connectivity index (χ0) is 29.9. The van der Waals surface area contributed by atoms with Crippen LogP contribution >= 0.6 is 0 Å². The molecule has 0 N–H and O–H groups in total. The second-order valence-electron chi connectivity index (χ2n) is 11.7. The fourth-order valence-corrected chi connectivity index (χ4v) is 6.45. The summed E-state index contributed by atoms with van der Waals surface area (Å²) >= 11 is 0. The summed E-state index contributed by atoms with van der Waals surface area (Å²) in [6.07, 6.45) is -2.36. The minimum absolute atomic E-state index is 0.0156. The number of carbonyl (C=O) groups is 1.